The number of carbonyl (C=O) groups excluding carboxylic acids is 2. The van der Waals surface area contributed by atoms with Gasteiger partial charge in [0.25, 0.3) is 5.91 Å². The topological polar surface area (TPSA) is 88.5 Å². The summed E-state index contributed by atoms with van der Waals surface area (Å²) in [4.78, 5) is 27.0. The second kappa shape index (κ2) is 6.23. The molecule has 0 spiro atoms. The molecule has 0 aromatic carbocycles. The van der Waals surface area contributed by atoms with E-state index >= 15 is 0 Å². The van der Waals surface area contributed by atoms with Crippen LogP contribution in [0.2, 0.25) is 0 Å². The zero-order chi connectivity index (χ0) is 17.5. The summed E-state index contributed by atoms with van der Waals surface area (Å²) in [5.74, 6) is -0.0978. The van der Waals surface area contributed by atoms with Crippen LogP contribution in [0.3, 0.4) is 0 Å². The van der Waals surface area contributed by atoms with E-state index in [9.17, 15) is 18.0 Å². The summed E-state index contributed by atoms with van der Waals surface area (Å²) < 4.78 is 24.9. The van der Waals surface area contributed by atoms with Crippen molar-refractivity contribution in [3.05, 3.63) is 24.0 Å². The van der Waals surface area contributed by atoms with E-state index in [0.29, 0.717) is 25.2 Å². The van der Waals surface area contributed by atoms with Crippen molar-refractivity contribution in [2.75, 3.05) is 18.1 Å². The largest absolute Gasteiger partial charge is 0.350 e. The van der Waals surface area contributed by atoms with Crippen molar-refractivity contribution in [3.8, 4) is 0 Å². The highest BCUT2D eigenvalue weighted by atomic mass is 32.2. The van der Waals surface area contributed by atoms with Gasteiger partial charge in [-0.1, -0.05) is 13.8 Å². The molecule has 2 amide bonds. The van der Waals surface area contributed by atoms with Crippen LogP contribution >= 0.6 is 0 Å². The van der Waals surface area contributed by atoms with Gasteiger partial charge >= 0.3 is 0 Å². The molecule has 1 aromatic heterocycles. The predicted molar refractivity (Wildman–Crippen MR) is 89.3 cm³/mol. The fourth-order valence-electron chi connectivity index (χ4n) is 3.38. The third-order valence-corrected chi connectivity index (χ3v) is 6.27. The summed E-state index contributed by atoms with van der Waals surface area (Å²) in [6, 6.07) is 2.59. The number of fused-ring (bicyclic) bond motifs is 1. The Labute approximate surface area is 141 Å². The molecular weight excluding hydrogens is 330 g/mol. The van der Waals surface area contributed by atoms with Crippen molar-refractivity contribution in [1.82, 2.24) is 14.8 Å². The van der Waals surface area contributed by atoms with E-state index in [-0.39, 0.29) is 35.3 Å². The number of nitrogens with one attached hydrogen (secondary N) is 1. The molecule has 0 bridgehead atoms. The molecule has 132 valence electrons. The van der Waals surface area contributed by atoms with Gasteiger partial charge in [-0.25, -0.2) is 8.42 Å². The van der Waals surface area contributed by atoms with Gasteiger partial charge < -0.3 is 14.8 Å². The first kappa shape index (κ1) is 17.0. The van der Waals surface area contributed by atoms with E-state index in [0.717, 1.165) is 0 Å². The fourth-order valence-corrected chi connectivity index (χ4v) is 5.05. The van der Waals surface area contributed by atoms with Crippen LogP contribution < -0.4 is 5.32 Å². The summed E-state index contributed by atoms with van der Waals surface area (Å²) in [6.45, 7) is 4.88. The Kier molecular flexibility index (Phi) is 4.42. The highest BCUT2D eigenvalue weighted by molar-refractivity contribution is 7.91. The monoisotopic (exact) mass is 353 g/mol. The van der Waals surface area contributed by atoms with Crippen molar-refractivity contribution >= 4 is 21.7 Å². The molecule has 7 nitrogen and oxygen atoms in total. The number of aromatic nitrogens is 1. The van der Waals surface area contributed by atoms with Crippen molar-refractivity contribution in [1.29, 1.82) is 0 Å². The maximum atomic E-state index is 12.7. The summed E-state index contributed by atoms with van der Waals surface area (Å²) in [7, 11) is -3.06. The van der Waals surface area contributed by atoms with Crippen molar-refractivity contribution in [3.63, 3.8) is 0 Å². The molecule has 2 unspecified atom stereocenters. The van der Waals surface area contributed by atoms with Crippen LogP contribution in [0.5, 0.6) is 0 Å². The van der Waals surface area contributed by atoms with Crippen LogP contribution in [0, 0.1) is 5.92 Å². The SMILES string of the molecule is CC(C)CN1C(=O)c2cccn2CC1C(=O)NC1CCS(=O)(=O)C1. The number of sulfone groups is 1. The highest BCUT2D eigenvalue weighted by Gasteiger charge is 2.38. The zero-order valence-corrected chi connectivity index (χ0v) is 14.8. The molecule has 3 rings (SSSR count). The van der Waals surface area contributed by atoms with E-state index in [1.54, 1.807) is 27.8 Å². The molecule has 3 heterocycles. The number of rotatable bonds is 4. The molecule has 24 heavy (non-hydrogen) atoms. The molecule has 1 saturated heterocycles. The van der Waals surface area contributed by atoms with Crippen molar-refractivity contribution in [2.24, 2.45) is 5.92 Å². The summed E-state index contributed by atoms with van der Waals surface area (Å²) in [6.07, 6.45) is 2.23. The summed E-state index contributed by atoms with van der Waals surface area (Å²) in [5, 5.41) is 2.83. The minimum absolute atomic E-state index is 0.0155. The van der Waals surface area contributed by atoms with Crippen LogP contribution in [0.1, 0.15) is 30.8 Å². The molecule has 1 N–H and O–H groups in total. The van der Waals surface area contributed by atoms with E-state index in [2.05, 4.69) is 5.32 Å². The molecule has 0 radical (unpaired) electrons. The number of hydrogen-bond acceptors (Lipinski definition) is 4. The summed E-state index contributed by atoms with van der Waals surface area (Å²) >= 11 is 0. The van der Waals surface area contributed by atoms with E-state index < -0.39 is 15.9 Å². The quantitative estimate of drug-likeness (QED) is 0.842. The minimum atomic E-state index is -3.06. The lowest BCUT2D eigenvalue weighted by molar-refractivity contribution is -0.127. The number of nitrogens with zero attached hydrogens (tertiary/aromatic N) is 2. The first-order valence-corrected chi connectivity index (χ1v) is 10.1. The van der Waals surface area contributed by atoms with Crippen LogP contribution in [-0.2, 0) is 21.2 Å². The molecule has 1 fully saturated rings. The Morgan fingerprint density at radius 3 is 2.79 bits per heavy atom. The van der Waals surface area contributed by atoms with E-state index in [1.165, 1.54) is 0 Å². The molecular formula is C16H23N3O4S. The molecule has 2 aliphatic rings. The second-order valence-corrected chi connectivity index (χ2v) is 9.25. The lowest BCUT2D eigenvalue weighted by atomic mass is 10.1. The Balaban J connectivity index is 1.79. The third kappa shape index (κ3) is 3.33. The number of hydrogen-bond donors (Lipinski definition) is 1. The van der Waals surface area contributed by atoms with Gasteiger partial charge in [-0.2, -0.15) is 0 Å². The second-order valence-electron chi connectivity index (χ2n) is 7.02. The van der Waals surface area contributed by atoms with Crippen LogP contribution in [0.15, 0.2) is 18.3 Å². The normalized spacial score (nSPS) is 25.8. The van der Waals surface area contributed by atoms with Crippen LogP contribution in [0.25, 0.3) is 0 Å². The molecule has 2 aliphatic heterocycles. The van der Waals surface area contributed by atoms with Gasteiger partial charge in [-0.15, -0.1) is 0 Å². The van der Waals surface area contributed by atoms with Gasteiger partial charge in [0.2, 0.25) is 5.91 Å². The van der Waals surface area contributed by atoms with Crippen molar-refractivity contribution < 1.29 is 18.0 Å². The maximum Gasteiger partial charge on any atom is 0.271 e. The molecule has 0 aliphatic carbocycles. The van der Waals surface area contributed by atoms with Crippen LogP contribution in [0.4, 0.5) is 0 Å². The Hall–Kier alpha value is -1.83. The predicted octanol–water partition coefficient (Wildman–Crippen LogP) is 0.272. The Morgan fingerprint density at radius 2 is 2.17 bits per heavy atom. The average Bonchev–Trinajstić information content (AvgIpc) is 3.07. The molecule has 1 aromatic rings. The van der Waals surface area contributed by atoms with Gasteiger partial charge in [-0.3, -0.25) is 9.59 Å². The minimum Gasteiger partial charge on any atom is -0.350 e. The standard InChI is InChI=1S/C16H23N3O4S/c1-11(2)8-19-14(9-18-6-3-4-13(18)16(19)21)15(20)17-12-5-7-24(22,23)10-12/h3-4,6,11-12,14H,5,7-10H2,1-2H3,(H,17,20). The van der Waals surface area contributed by atoms with E-state index in [1.807, 2.05) is 13.8 Å². The first-order chi connectivity index (χ1) is 11.3. The zero-order valence-electron chi connectivity index (χ0n) is 13.9. The molecule has 2 atom stereocenters. The van der Waals surface area contributed by atoms with Gasteiger partial charge in [-0.05, 0) is 24.5 Å². The number of carbonyl (C=O) groups is 2. The fraction of sp³-hybridized carbons (Fsp3) is 0.625. The Morgan fingerprint density at radius 1 is 1.42 bits per heavy atom. The van der Waals surface area contributed by atoms with E-state index in [4.69, 9.17) is 0 Å². The number of amides is 2. The van der Waals surface area contributed by atoms with Gasteiger partial charge in [0.05, 0.1) is 18.1 Å². The molecule has 0 saturated carbocycles. The summed E-state index contributed by atoms with van der Waals surface area (Å²) in [5.41, 5.74) is 0.586. The maximum absolute atomic E-state index is 12.7. The van der Waals surface area contributed by atoms with Crippen molar-refractivity contribution in [2.45, 2.75) is 38.9 Å². The van der Waals surface area contributed by atoms with Crippen LogP contribution in [-0.4, -0.2) is 59.8 Å². The smallest absolute Gasteiger partial charge is 0.271 e. The highest BCUT2D eigenvalue weighted by Crippen LogP contribution is 2.21. The van der Waals surface area contributed by atoms with Gasteiger partial charge in [0.1, 0.15) is 11.7 Å². The molecule has 8 heteroatoms. The lowest BCUT2D eigenvalue weighted by Gasteiger charge is -2.37. The first-order valence-electron chi connectivity index (χ1n) is 8.24. The van der Waals surface area contributed by atoms with Gasteiger partial charge in [0, 0.05) is 18.8 Å². The van der Waals surface area contributed by atoms with Gasteiger partial charge in [0.15, 0.2) is 9.84 Å². The Bertz CT molecular complexity index is 753. The average molecular weight is 353 g/mol. The third-order valence-electron chi connectivity index (χ3n) is 4.50. The lowest BCUT2D eigenvalue weighted by Crippen LogP contribution is -2.57.